The number of hydrogen-bond donors (Lipinski definition) is 1. The van der Waals surface area contributed by atoms with E-state index in [-0.39, 0.29) is 5.92 Å². The van der Waals surface area contributed by atoms with Crippen molar-refractivity contribution in [3.8, 4) is 0 Å². The number of amidine groups is 1. The summed E-state index contributed by atoms with van der Waals surface area (Å²) in [6, 6.07) is 18.2. The third-order valence-corrected chi connectivity index (χ3v) is 5.93. The summed E-state index contributed by atoms with van der Waals surface area (Å²) in [5.41, 5.74) is 6.17. The van der Waals surface area contributed by atoms with Crippen molar-refractivity contribution in [2.75, 3.05) is 0 Å². The third-order valence-electron chi connectivity index (χ3n) is 3.99. The minimum Gasteiger partial charge on any atom is -0.387 e. The fourth-order valence-corrected chi connectivity index (χ4v) is 4.00. The van der Waals surface area contributed by atoms with Gasteiger partial charge >= 0.3 is 0 Å². The number of nitrogens with zero attached hydrogens (tertiary/aromatic N) is 3. The lowest BCUT2D eigenvalue weighted by molar-refractivity contribution is 0.732. The first-order valence-corrected chi connectivity index (χ1v) is 11.4. The quantitative estimate of drug-likeness (QED) is 0.332. The summed E-state index contributed by atoms with van der Waals surface area (Å²) in [4.78, 5) is 16.7. The van der Waals surface area contributed by atoms with Gasteiger partial charge in [0.2, 0.25) is 0 Å². The summed E-state index contributed by atoms with van der Waals surface area (Å²) in [5.74, 6) is 1.50. The number of benzene rings is 1. The van der Waals surface area contributed by atoms with E-state index in [1.165, 1.54) is 0 Å². The van der Waals surface area contributed by atoms with Gasteiger partial charge in [-0.3, -0.25) is 0 Å². The largest absolute Gasteiger partial charge is 0.387 e. The molecular weight excluding hydrogens is 396 g/mol. The van der Waals surface area contributed by atoms with E-state index in [0.717, 1.165) is 26.1 Å². The first-order chi connectivity index (χ1) is 14.2. The lowest BCUT2D eigenvalue weighted by Crippen LogP contribution is -2.20. The smallest absolute Gasteiger partial charge is 0.167 e. The lowest BCUT2D eigenvalue weighted by Gasteiger charge is -2.11. The van der Waals surface area contributed by atoms with Crippen LogP contribution in [-0.2, 0) is 0 Å². The van der Waals surface area contributed by atoms with Crippen LogP contribution in [0.3, 0.4) is 0 Å². The highest BCUT2D eigenvalue weighted by molar-refractivity contribution is 8.00. The molecule has 1 atom stereocenters. The van der Waals surface area contributed by atoms with E-state index in [0.29, 0.717) is 11.7 Å². The number of rotatable bonds is 7. The van der Waals surface area contributed by atoms with Crippen molar-refractivity contribution >= 4 is 35.2 Å². The van der Waals surface area contributed by atoms with Gasteiger partial charge in [0.15, 0.2) is 5.82 Å². The molecular formula is C23H28N4S2. The molecule has 0 aliphatic heterocycles. The van der Waals surface area contributed by atoms with Crippen LogP contribution in [0.4, 0.5) is 5.82 Å². The Morgan fingerprint density at radius 2 is 1.72 bits per heavy atom. The zero-order valence-electron chi connectivity index (χ0n) is 17.4. The van der Waals surface area contributed by atoms with Crippen LogP contribution >= 0.6 is 23.5 Å². The normalized spacial score (nSPS) is 12.1. The highest BCUT2D eigenvalue weighted by atomic mass is 32.2. The molecule has 0 spiro atoms. The van der Waals surface area contributed by atoms with Crippen LogP contribution in [0.5, 0.6) is 0 Å². The zero-order chi connectivity index (χ0) is 21.1. The van der Waals surface area contributed by atoms with Crippen LogP contribution in [0.1, 0.15) is 34.1 Å². The topological polar surface area (TPSA) is 64.2 Å². The highest BCUT2D eigenvalue weighted by Crippen LogP contribution is 2.37. The first kappa shape index (κ1) is 23.0. The lowest BCUT2D eigenvalue weighted by atomic mass is 10.1. The van der Waals surface area contributed by atoms with E-state index < -0.39 is 0 Å². The van der Waals surface area contributed by atoms with Crippen molar-refractivity contribution in [1.82, 2.24) is 9.97 Å². The Morgan fingerprint density at radius 3 is 2.38 bits per heavy atom. The molecule has 0 bridgehead atoms. The molecule has 6 heteroatoms. The van der Waals surface area contributed by atoms with Crippen molar-refractivity contribution in [2.24, 2.45) is 16.6 Å². The molecule has 0 amide bonds. The minimum atomic E-state index is 0.226. The van der Waals surface area contributed by atoms with Crippen LogP contribution in [0.2, 0.25) is 0 Å². The molecule has 0 aliphatic rings. The Balaban J connectivity index is 0.00000145. The second-order valence-corrected chi connectivity index (χ2v) is 8.23. The minimum absolute atomic E-state index is 0.226. The van der Waals surface area contributed by atoms with Gasteiger partial charge in [-0.15, -0.1) is 0 Å². The van der Waals surface area contributed by atoms with Gasteiger partial charge in [-0.25, -0.2) is 15.0 Å². The molecule has 4 nitrogen and oxygen atoms in total. The van der Waals surface area contributed by atoms with Gasteiger partial charge in [0.1, 0.15) is 10.9 Å². The maximum Gasteiger partial charge on any atom is 0.167 e. The summed E-state index contributed by atoms with van der Waals surface area (Å²) < 4.78 is 0. The molecule has 0 saturated carbocycles. The van der Waals surface area contributed by atoms with Gasteiger partial charge in [-0.1, -0.05) is 75.5 Å². The molecule has 0 radical (unpaired) electrons. The van der Waals surface area contributed by atoms with Gasteiger partial charge in [-0.05, 0) is 36.8 Å². The van der Waals surface area contributed by atoms with Gasteiger partial charge in [0.05, 0.1) is 4.90 Å². The number of nitrogens with two attached hydrogens (primary N) is 1. The van der Waals surface area contributed by atoms with E-state index in [1.54, 1.807) is 29.7 Å². The molecule has 29 heavy (non-hydrogen) atoms. The van der Waals surface area contributed by atoms with Crippen LogP contribution in [0.15, 0.2) is 91.7 Å². The number of pyridine rings is 2. The molecule has 152 valence electrons. The second kappa shape index (κ2) is 12.3. The second-order valence-electron chi connectivity index (χ2n) is 6.02. The number of aromatic nitrogens is 2. The van der Waals surface area contributed by atoms with Gasteiger partial charge in [0, 0.05) is 28.1 Å². The van der Waals surface area contributed by atoms with E-state index in [9.17, 15) is 0 Å². The standard InChI is InChI=1S/C21H22N4S2.C2H6/c1-3-15(2)20(22)25-21-18(26-16-9-5-4-6-10-16)13-17(14-24-21)27-19-11-7-8-12-23-19;1-2/h4-15H,3H2,1-2H3,(H2,22,24,25);1-2H3. The van der Waals surface area contributed by atoms with E-state index in [2.05, 4.69) is 47.0 Å². The summed E-state index contributed by atoms with van der Waals surface area (Å²) in [6.07, 6.45) is 4.57. The van der Waals surface area contributed by atoms with Crippen molar-refractivity contribution in [1.29, 1.82) is 0 Å². The van der Waals surface area contributed by atoms with E-state index in [4.69, 9.17) is 5.73 Å². The fraction of sp³-hybridized carbons (Fsp3) is 0.261. The van der Waals surface area contributed by atoms with Gasteiger partial charge in [-0.2, -0.15) is 0 Å². The predicted molar refractivity (Wildman–Crippen MR) is 125 cm³/mol. The maximum atomic E-state index is 6.17. The summed E-state index contributed by atoms with van der Waals surface area (Å²) in [7, 11) is 0. The Kier molecular flexibility index (Phi) is 9.74. The number of aliphatic imine (C=N–C) groups is 1. The van der Waals surface area contributed by atoms with E-state index in [1.807, 2.05) is 56.4 Å². The van der Waals surface area contributed by atoms with Crippen LogP contribution in [0, 0.1) is 5.92 Å². The average molecular weight is 425 g/mol. The molecule has 2 N–H and O–H groups in total. The van der Waals surface area contributed by atoms with Crippen molar-refractivity contribution < 1.29 is 0 Å². The van der Waals surface area contributed by atoms with Gasteiger partial charge in [0.25, 0.3) is 0 Å². The van der Waals surface area contributed by atoms with Crippen molar-refractivity contribution in [3.05, 3.63) is 67.0 Å². The molecule has 0 fully saturated rings. The Morgan fingerprint density at radius 1 is 1.00 bits per heavy atom. The summed E-state index contributed by atoms with van der Waals surface area (Å²) >= 11 is 3.23. The van der Waals surface area contributed by atoms with Crippen LogP contribution in [-0.4, -0.2) is 15.8 Å². The molecule has 1 aromatic carbocycles. The van der Waals surface area contributed by atoms with Crippen LogP contribution < -0.4 is 5.73 Å². The molecule has 2 heterocycles. The molecule has 1 unspecified atom stereocenters. The molecule has 2 aromatic heterocycles. The molecule has 0 saturated heterocycles. The van der Waals surface area contributed by atoms with Crippen molar-refractivity contribution in [3.63, 3.8) is 0 Å². The van der Waals surface area contributed by atoms with Crippen LogP contribution in [0.25, 0.3) is 0 Å². The SMILES string of the molecule is CC.CCC(C)/C(N)=N\c1ncc(Sc2ccccn2)cc1Sc1ccccc1. The Labute approximate surface area is 182 Å². The number of hydrogen-bond acceptors (Lipinski definition) is 5. The summed E-state index contributed by atoms with van der Waals surface area (Å²) in [6.45, 7) is 8.18. The highest BCUT2D eigenvalue weighted by Gasteiger charge is 2.11. The molecule has 3 rings (SSSR count). The summed E-state index contributed by atoms with van der Waals surface area (Å²) in [5, 5.41) is 0.935. The zero-order valence-corrected chi connectivity index (χ0v) is 19.0. The molecule has 3 aromatic rings. The third kappa shape index (κ3) is 7.22. The van der Waals surface area contributed by atoms with E-state index >= 15 is 0 Å². The average Bonchev–Trinajstić information content (AvgIpc) is 2.77. The monoisotopic (exact) mass is 424 g/mol. The molecule has 0 aliphatic carbocycles. The Bertz CT molecular complexity index is 899. The first-order valence-electron chi connectivity index (χ1n) is 9.81. The predicted octanol–water partition coefficient (Wildman–Crippen LogP) is 6.84. The fourth-order valence-electron chi connectivity index (χ4n) is 2.22. The van der Waals surface area contributed by atoms with Gasteiger partial charge < -0.3 is 5.73 Å². The van der Waals surface area contributed by atoms with Crippen molar-refractivity contribution in [2.45, 2.75) is 53.8 Å². The Hall–Kier alpha value is -2.31. The maximum absolute atomic E-state index is 6.17.